The van der Waals surface area contributed by atoms with E-state index in [9.17, 15) is 0 Å². The topological polar surface area (TPSA) is 46.2 Å². The van der Waals surface area contributed by atoms with Crippen LogP contribution < -0.4 is 4.74 Å². The zero-order chi connectivity index (χ0) is 43.2. The zero-order valence-corrected chi connectivity index (χ0v) is 37.6. The SMILES string of the molecule is Cc1cc(Cl)ccc1Cc1cc([C@@H]2S[C@H](COCc3ccccc3)[C@@H](OCc3ccccc3)[C@H](OCc3ccccc3)[C@H]2OCc2ccccc2)c(OCc2ccccc2)cc1C. The number of thioether (sulfide) groups is 1. The molecule has 5 atom stereocenters. The Morgan fingerprint density at radius 2 is 0.921 bits per heavy atom. The predicted molar refractivity (Wildman–Crippen MR) is 256 cm³/mol. The van der Waals surface area contributed by atoms with Crippen molar-refractivity contribution in [2.75, 3.05) is 6.61 Å². The van der Waals surface area contributed by atoms with Crippen LogP contribution in [-0.4, -0.2) is 30.2 Å². The molecule has 7 aromatic carbocycles. The van der Waals surface area contributed by atoms with Gasteiger partial charge in [0.15, 0.2) is 0 Å². The van der Waals surface area contributed by atoms with E-state index in [0.717, 1.165) is 61.7 Å². The summed E-state index contributed by atoms with van der Waals surface area (Å²) in [6, 6.07) is 62.5. The first-order valence-electron chi connectivity index (χ1n) is 21.8. The van der Waals surface area contributed by atoms with Crippen LogP contribution >= 0.6 is 23.4 Å². The fraction of sp³-hybridized carbons (Fsp3) is 0.250. The van der Waals surface area contributed by atoms with E-state index in [-0.39, 0.29) is 16.6 Å². The van der Waals surface area contributed by atoms with Gasteiger partial charge >= 0.3 is 0 Å². The van der Waals surface area contributed by atoms with Gasteiger partial charge in [-0.15, -0.1) is 11.8 Å². The highest BCUT2D eigenvalue weighted by Gasteiger charge is 2.49. The molecule has 1 aliphatic rings. The number of hydrogen-bond donors (Lipinski definition) is 0. The van der Waals surface area contributed by atoms with E-state index >= 15 is 0 Å². The van der Waals surface area contributed by atoms with E-state index in [1.54, 1.807) is 0 Å². The Morgan fingerprint density at radius 1 is 0.460 bits per heavy atom. The van der Waals surface area contributed by atoms with E-state index in [2.05, 4.69) is 153 Å². The third-order valence-corrected chi connectivity index (χ3v) is 13.4. The molecule has 0 bridgehead atoms. The summed E-state index contributed by atoms with van der Waals surface area (Å²) in [6.07, 6.45) is -0.577. The predicted octanol–water partition coefficient (Wildman–Crippen LogP) is 13.3. The van der Waals surface area contributed by atoms with Gasteiger partial charge in [-0.2, -0.15) is 0 Å². The highest BCUT2D eigenvalue weighted by Crippen LogP contribution is 2.50. The third-order valence-electron chi connectivity index (χ3n) is 11.6. The van der Waals surface area contributed by atoms with Gasteiger partial charge in [0.05, 0.1) is 43.5 Å². The van der Waals surface area contributed by atoms with Gasteiger partial charge in [0.25, 0.3) is 0 Å². The van der Waals surface area contributed by atoms with Crippen LogP contribution in [0.1, 0.15) is 60.9 Å². The molecule has 1 heterocycles. The van der Waals surface area contributed by atoms with Crippen LogP contribution in [0.15, 0.2) is 182 Å². The summed E-state index contributed by atoms with van der Waals surface area (Å²) >= 11 is 8.28. The van der Waals surface area contributed by atoms with Crippen LogP contribution in [0.4, 0.5) is 0 Å². The van der Waals surface area contributed by atoms with Gasteiger partial charge in [0.2, 0.25) is 0 Å². The minimum absolute atomic E-state index is 0.134. The van der Waals surface area contributed by atoms with E-state index in [1.165, 1.54) is 11.1 Å². The molecule has 7 heteroatoms. The third kappa shape index (κ3) is 12.3. The van der Waals surface area contributed by atoms with Crippen LogP contribution in [0.3, 0.4) is 0 Å². The van der Waals surface area contributed by atoms with Crippen molar-refractivity contribution in [2.24, 2.45) is 0 Å². The Hall–Kier alpha value is -5.18. The maximum atomic E-state index is 7.24. The van der Waals surface area contributed by atoms with Crippen molar-refractivity contribution in [3.63, 3.8) is 0 Å². The molecular formula is C56H55ClO5S. The van der Waals surface area contributed by atoms with Crippen LogP contribution in [-0.2, 0) is 58.4 Å². The summed E-state index contributed by atoms with van der Waals surface area (Å²) in [7, 11) is 0. The summed E-state index contributed by atoms with van der Waals surface area (Å²) in [5, 5.41) is 0.374. The van der Waals surface area contributed by atoms with Crippen molar-refractivity contribution in [1.29, 1.82) is 0 Å². The molecule has 63 heavy (non-hydrogen) atoms. The molecule has 0 radical (unpaired) electrons. The van der Waals surface area contributed by atoms with Gasteiger partial charge < -0.3 is 23.7 Å². The number of rotatable bonds is 19. The lowest BCUT2D eigenvalue weighted by Gasteiger charge is -2.46. The Bertz CT molecular complexity index is 2450. The molecule has 0 unspecified atom stereocenters. The Balaban J connectivity index is 1.24. The first-order valence-corrected chi connectivity index (χ1v) is 23.1. The highest BCUT2D eigenvalue weighted by atomic mass is 35.5. The summed E-state index contributed by atoms with van der Waals surface area (Å²) in [4.78, 5) is 0. The Labute approximate surface area is 382 Å². The van der Waals surface area contributed by atoms with E-state index < -0.39 is 12.2 Å². The van der Waals surface area contributed by atoms with Crippen molar-refractivity contribution in [2.45, 2.75) is 82.1 Å². The van der Waals surface area contributed by atoms with Gasteiger partial charge in [-0.25, -0.2) is 0 Å². The average molecular weight is 876 g/mol. The molecule has 0 spiro atoms. The monoisotopic (exact) mass is 874 g/mol. The molecule has 7 aromatic rings. The lowest BCUT2D eigenvalue weighted by atomic mass is 9.91. The number of benzene rings is 7. The molecular weight excluding hydrogens is 820 g/mol. The molecule has 1 aliphatic heterocycles. The maximum Gasteiger partial charge on any atom is 0.124 e. The minimum atomic E-state index is -0.487. The van der Waals surface area contributed by atoms with Gasteiger partial charge in [-0.05, 0) is 88.5 Å². The smallest absolute Gasteiger partial charge is 0.124 e. The molecule has 322 valence electrons. The van der Waals surface area contributed by atoms with Crippen molar-refractivity contribution in [3.05, 3.63) is 243 Å². The first-order chi connectivity index (χ1) is 31.0. The van der Waals surface area contributed by atoms with Gasteiger partial charge in [0, 0.05) is 10.6 Å². The zero-order valence-electron chi connectivity index (χ0n) is 36.0. The molecule has 0 aliphatic carbocycles. The lowest BCUT2D eigenvalue weighted by Crippen LogP contribution is -2.54. The highest BCUT2D eigenvalue weighted by molar-refractivity contribution is 8.00. The second-order valence-corrected chi connectivity index (χ2v) is 18.0. The molecule has 5 nitrogen and oxygen atoms in total. The van der Waals surface area contributed by atoms with Crippen molar-refractivity contribution in [3.8, 4) is 5.75 Å². The second kappa shape index (κ2) is 22.4. The van der Waals surface area contributed by atoms with Crippen LogP contribution in [0, 0.1) is 13.8 Å². The standard InChI is InChI=1S/C56H55ClO5S/c1-40-30-49(57)29-28-47(40)32-48-33-50(51(31-41(48)2)59-35-43-20-10-4-11-21-43)56-55(62-38-46-26-16-7-17-27-46)54(61-37-45-24-14-6-15-25-45)53(60-36-44-22-12-5-13-23-44)52(63-56)39-58-34-42-18-8-3-9-19-42/h3-31,33,52-56H,32,34-39H2,1-2H3/t52-,53-,54+,55-,56+/m1/s1. The summed E-state index contributed by atoms with van der Waals surface area (Å²) in [5.41, 5.74) is 11.3. The number of halogens is 1. The van der Waals surface area contributed by atoms with Crippen molar-refractivity contribution < 1.29 is 23.7 Å². The second-order valence-electron chi connectivity index (χ2n) is 16.2. The number of ether oxygens (including phenoxy) is 5. The molecule has 0 aromatic heterocycles. The van der Waals surface area contributed by atoms with Crippen molar-refractivity contribution >= 4 is 23.4 Å². The fourth-order valence-electron chi connectivity index (χ4n) is 8.12. The molecule has 8 rings (SSSR count). The number of aryl methyl sites for hydroxylation is 2. The Kier molecular flexibility index (Phi) is 15.8. The van der Waals surface area contributed by atoms with Gasteiger partial charge in [0.1, 0.15) is 30.7 Å². The van der Waals surface area contributed by atoms with Crippen LogP contribution in [0.25, 0.3) is 0 Å². The van der Waals surface area contributed by atoms with Crippen LogP contribution in [0.2, 0.25) is 5.02 Å². The lowest BCUT2D eigenvalue weighted by molar-refractivity contribution is -0.160. The van der Waals surface area contributed by atoms with Gasteiger partial charge in [-0.3, -0.25) is 0 Å². The number of hydrogen-bond acceptors (Lipinski definition) is 6. The van der Waals surface area contributed by atoms with E-state index in [1.807, 2.05) is 54.2 Å². The van der Waals surface area contributed by atoms with E-state index in [4.69, 9.17) is 35.3 Å². The van der Waals surface area contributed by atoms with Crippen molar-refractivity contribution in [1.82, 2.24) is 0 Å². The molecule has 1 fully saturated rings. The molecule has 1 saturated heterocycles. The summed E-state index contributed by atoms with van der Waals surface area (Å²) < 4.78 is 35.1. The normalized spacial score (nSPS) is 18.6. The maximum absolute atomic E-state index is 7.24. The first kappa shape index (κ1) is 44.4. The van der Waals surface area contributed by atoms with Crippen LogP contribution in [0.5, 0.6) is 5.75 Å². The summed E-state index contributed by atoms with van der Waals surface area (Å²) in [6.45, 7) is 6.87. The van der Waals surface area contributed by atoms with Gasteiger partial charge in [-0.1, -0.05) is 175 Å². The summed E-state index contributed by atoms with van der Waals surface area (Å²) in [5.74, 6) is 0.827. The average Bonchev–Trinajstić information content (AvgIpc) is 3.32. The molecule has 0 amide bonds. The fourth-order valence-corrected chi connectivity index (χ4v) is 10.0. The molecule has 0 saturated carbocycles. The molecule has 0 N–H and O–H groups in total. The Morgan fingerprint density at radius 3 is 1.44 bits per heavy atom. The quantitative estimate of drug-likeness (QED) is 0.0807. The largest absolute Gasteiger partial charge is 0.489 e. The minimum Gasteiger partial charge on any atom is -0.489 e. The van der Waals surface area contributed by atoms with E-state index in [0.29, 0.717) is 39.6 Å².